The molecule has 1 rings (SSSR count). The number of alkyl halides is 2. The van der Waals surface area contributed by atoms with E-state index in [4.69, 9.17) is 15.2 Å². The summed E-state index contributed by atoms with van der Waals surface area (Å²) < 4.78 is 34.6. The Balaban J connectivity index is 0.00000225. The molecule has 0 aliphatic rings. The Hall–Kier alpha value is -1.07. The van der Waals surface area contributed by atoms with Gasteiger partial charge in [0.05, 0.1) is 20.3 Å². The van der Waals surface area contributed by atoms with Crippen LogP contribution in [0, 0.1) is 0 Å². The number of ether oxygens (including phenoxy) is 2. The first-order valence-corrected chi connectivity index (χ1v) is 4.35. The monoisotopic (exact) mass is 253 g/mol. The van der Waals surface area contributed by atoms with Gasteiger partial charge in [0.1, 0.15) is 0 Å². The lowest BCUT2D eigenvalue weighted by atomic mass is 10.1. The summed E-state index contributed by atoms with van der Waals surface area (Å²) >= 11 is 0. The summed E-state index contributed by atoms with van der Waals surface area (Å²) in [4.78, 5) is 0. The topological polar surface area (TPSA) is 44.5 Å². The number of halogens is 3. The minimum Gasteiger partial charge on any atom is -0.493 e. The molecular formula is C10H14ClF2NO2. The van der Waals surface area contributed by atoms with Gasteiger partial charge < -0.3 is 15.2 Å². The molecule has 0 bridgehead atoms. The van der Waals surface area contributed by atoms with E-state index in [0.717, 1.165) is 0 Å². The normalized spacial score (nSPS) is 11.9. The van der Waals surface area contributed by atoms with E-state index in [-0.39, 0.29) is 12.4 Å². The Kier molecular flexibility index (Phi) is 6.06. The standard InChI is InChI=1S/C10H13F2NO2.ClH/c1-14-7-4-3-6(5-8(7)15-2)9(13)10(11)12;/h3-5,9-10H,13H2,1-2H3;1H/t9-;/m1./s1. The highest BCUT2D eigenvalue weighted by Gasteiger charge is 2.18. The SMILES string of the molecule is COc1ccc([C@@H](N)C(F)F)cc1OC.Cl. The maximum atomic E-state index is 12.3. The molecule has 0 aromatic heterocycles. The van der Waals surface area contributed by atoms with Gasteiger partial charge in [-0.2, -0.15) is 0 Å². The third-order valence-electron chi connectivity index (χ3n) is 2.06. The molecule has 3 nitrogen and oxygen atoms in total. The van der Waals surface area contributed by atoms with Crippen LogP contribution in [0.15, 0.2) is 18.2 Å². The van der Waals surface area contributed by atoms with Crippen LogP contribution in [0.2, 0.25) is 0 Å². The van der Waals surface area contributed by atoms with Crippen LogP contribution in [-0.4, -0.2) is 20.6 Å². The van der Waals surface area contributed by atoms with Crippen LogP contribution in [0.5, 0.6) is 11.5 Å². The van der Waals surface area contributed by atoms with Crippen LogP contribution in [-0.2, 0) is 0 Å². The van der Waals surface area contributed by atoms with Gasteiger partial charge in [0.25, 0.3) is 6.43 Å². The van der Waals surface area contributed by atoms with Crippen LogP contribution in [0.3, 0.4) is 0 Å². The van der Waals surface area contributed by atoms with Gasteiger partial charge in [0.15, 0.2) is 11.5 Å². The largest absolute Gasteiger partial charge is 0.493 e. The second kappa shape index (κ2) is 6.50. The summed E-state index contributed by atoms with van der Waals surface area (Å²) in [7, 11) is 2.92. The van der Waals surface area contributed by atoms with Crippen molar-refractivity contribution in [3.63, 3.8) is 0 Å². The quantitative estimate of drug-likeness (QED) is 0.896. The first kappa shape index (κ1) is 14.9. The highest BCUT2D eigenvalue weighted by Crippen LogP contribution is 2.30. The summed E-state index contributed by atoms with van der Waals surface area (Å²) in [6.45, 7) is 0. The van der Waals surface area contributed by atoms with Crippen molar-refractivity contribution in [3.8, 4) is 11.5 Å². The van der Waals surface area contributed by atoms with Crippen molar-refractivity contribution in [1.29, 1.82) is 0 Å². The molecule has 16 heavy (non-hydrogen) atoms. The van der Waals surface area contributed by atoms with E-state index in [1.807, 2.05) is 0 Å². The molecule has 0 spiro atoms. The van der Waals surface area contributed by atoms with E-state index in [1.165, 1.54) is 26.4 Å². The van der Waals surface area contributed by atoms with Crippen molar-refractivity contribution in [2.45, 2.75) is 12.5 Å². The minimum absolute atomic E-state index is 0. The lowest BCUT2D eigenvalue weighted by Crippen LogP contribution is -2.18. The zero-order chi connectivity index (χ0) is 11.4. The van der Waals surface area contributed by atoms with Crippen LogP contribution < -0.4 is 15.2 Å². The van der Waals surface area contributed by atoms with Crippen molar-refractivity contribution in [2.75, 3.05) is 14.2 Å². The van der Waals surface area contributed by atoms with Gasteiger partial charge in [-0.25, -0.2) is 8.78 Å². The summed E-state index contributed by atoms with van der Waals surface area (Å²) in [6.07, 6.45) is -2.59. The van der Waals surface area contributed by atoms with E-state index in [1.54, 1.807) is 6.07 Å². The maximum Gasteiger partial charge on any atom is 0.257 e. The lowest BCUT2D eigenvalue weighted by molar-refractivity contribution is 0.116. The lowest BCUT2D eigenvalue weighted by Gasteiger charge is -2.13. The van der Waals surface area contributed by atoms with Gasteiger partial charge in [0.2, 0.25) is 0 Å². The molecule has 1 atom stereocenters. The van der Waals surface area contributed by atoms with E-state index in [9.17, 15) is 8.78 Å². The third kappa shape index (κ3) is 3.21. The third-order valence-corrected chi connectivity index (χ3v) is 2.06. The number of benzene rings is 1. The average molecular weight is 254 g/mol. The Morgan fingerprint density at radius 1 is 1.12 bits per heavy atom. The van der Waals surface area contributed by atoms with Gasteiger partial charge in [-0.1, -0.05) is 6.07 Å². The Bertz CT molecular complexity index is 337. The number of hydrogen-bond acceptors (Lipinski definition) is 3. The molecular weight excluding hydrogens is 240 g/mol. The van der Waals surface area contributed by atoms with Crippen LogP contribution in [0.4, 0.5) is 8.78 Å². The number of hydrogen-bond donors (Lipinski definition) is 1. The molecule has 0 unspecified atom stereocenters. The summed E-state index contributed by atoms with van der Waals surface area (Å²) in [5.74, 6) is 0.883. The molecule has 0 aliphatic heterocycles. The molecule has 1 aromatic carbocycles. The first-order valence-electron chi connectivity index (χ1n) is 4.35. The van der Waals surface area contributed by atoms with Crippen LogP contribution in [0.1, 0.15) is 11.6 Å². The van der Waals surface area contributed by atoms with Crippen LogP contribution >= 0.6 is 12.4 Å². The molecule has 6 heteroatoms. The first-order chi connectivity index (χ1) is 7.10. The predicted molar refractivity (Wildman–Crippen MR) is 59.7 cm³/mol. The highest BCUT2D eigenvalue weighted by molar-refractivity contribution is 5.85. The second-order valence-corrected chi connectivity index (χ2v) is 2.97. The molecule has 92 valence electrons. The van der Waals surface area contributed by atoms with E-state index in [2.05, 4.69) is 0 Å². The van der Waals surface area contributed by atoms with Gasteiger partial charge in [-0.15, -0.1) is 12.4 Å². The molecule has 0 amide bonds. The fourth-order valence-electron chi connectivity index (χ4n) is 1.21. The zero-order valence-corrected chi connectivity index (χ0v) is 9.76. The molecule has 1 aromatic rings. The maximum absolute atomic E-state index is 12.3. The molecule has 0 heterocycles. The molecule has 0 radical (unpaired) electrons. The highest BCUT2D eigenvalue weighted by atomic mass is 35.5. The Morgan fingerprint density at radius 3 is 2.12 bits per heavy atom. The van der Waals surface area contributed by atoms with E-state index < -0.39 is 12.5 Å². The molecule has 0 saturated carbocycles. The molecule has 0 aliphatic carbocycles. The fourth-order valence-corrected chi connectivity index (χ4v) is 1.21. The molecule has 2 N–H and O–H groups in total. The smallest absolute Gasteiger partial charge is 0.257 e. The average Bonchev–Trinajstić information content (AvgIpc) is 2.26. The molecule has 0 fully saturated rings. The zero-order valence-electron chi connectivity index (χ0n) is 8.94. The number of nitrogens with two attached hydrogens (primary N) is 1. The van der Waals surface area contributed by atoms with Crippen molar-refractivity contribution in [3.05, 3.63) is 23.8 Å². The van der Waals surface area contributed by atoms with Gasteiger partial charge in [0, 0.05) is 0 Å². The van der Waals surface area contributed by atoms with Crippen molar-refractivity contribution >= 4 is 12.4 Å². The van der Waals surface area contributed by atoms with E-state index in [0.29, 0.717) is 17.1 Å². The van der Waals surface area contributed by atoms with Gasteiger partial charge >= 0.3 is 0 Å². The summed E-state index contributed by atoms with van der Waals surface area (Å²) in [5.41, 5.74) is 5.63. The fraction of sp³-hybridized carbons (Fsp3) is 0.400. The Morgan fingerprint density at radius 2 is 1.69 bits per heavy atom. The van der Waals surface area contributed by atoms with E-state index >= 15 is 0 Å². The number of rotatable bonds is 4. The minimum atomic E-state index is -2.59. The van der Waals surface area contributed by atoms with Crippen molar-refractivity contribution in [2.24, 2.45) is 5.73 Å². The van der Waals surface area contributed by atoms with Crippen LogP contribution in [0.25, 0.3) is 0 Å². The Labute approximate surface area is 98.9 Å². The molecule has 0 saturated heterocycles. The van der Waals surface area contributed by atoms with Gasteiger partial charge in [-0.05, 0) is 17.7 Å². The van der Waals surface area contributed by atoms with Gasteiger partial charge in [-0.3, -0.25) is 0 Å². The summed E-state index contributed by atoms with van der Waals surface area (Å²) in [5, 5.41) is 0. The second-order valence-electron chi connectivity index (χ2n) is 2.97. The van der Waals surface area contributed by atoms with Crippen molar-refractivity contribution < 1.29 is 18.3 Å². The number of methoxy groups -OCH3 is 2. The predicted octanol–water partition coefficient (Wildman–Crippen LogP) is 2.39. The van der Waals surface area contributed by atoms with Crippen molar-refractivity contribution in [1.82, 2.24) is 0 Å². The summed E-state index contributed by atoms with van der Waals surface area (Å²) in [6, 6.07) is 3.20.